The molecule has 0 bridgehead atoms. The van der Waals surface area contributed by atoms with E-state index in [9.17, 15) is 14.4 Å². The highest BCUT2D eigenvalue weighted by Gasteiger charge is 2.26. The second-order valence-electron chi connectivity index (χ2n) is 7.60. The van der Waals surface area contributed by atoms with E-state index in [1.54, 1.807) is 29.2 Å². The summed E-state index contributed by atoms with van der Waals surface area (Å²) in [7, 11) is 0. The Morgan fingerprint density at radius 2 is 1.57 bits per heavy atom. The average molecular weight is 439 g/mol. The number of unbranched alkanes of at least 4 members (excludes halogenated alkanes) is 4. The van der Waals surface area contributed by atoms with Crippen LogP contribution in [0.15, 0.2) is 24.3 Å². The van der Waals surface area contributed by atoms with Gasteiger partial charge in [-0.05, 0) is 37.0 Å². The Hall–Kier alpha value is -2.08. The van der Waals surface area contributed by atoms with Gasteiger partial charge in [-0.15, -0.1) is 0 Å². The van der Waals surface area contributed by atoms with Crippen molar-refractivity contribution < 1.29 is 19.5 Å². The van der Waals surface area contributed by atoms with E-state index in [1.165, 1.54) is 0 Å². The number of carbonyl (C=O) groups is 3. The zero-order chi connectivity index (χ0) is 22.4. The van der Waals surface area contributed by atoms with E-state index in [1.807, 2.05) is 0 Å². The third-order valence-electron chi connectivity index (χ3n) is 4.93. The number of carboxylic acids is 1. The summed E-state index contributed by atoms with van der Waals surface area (Å²) < 4.78 is 0. The lowest BCUT2D eigenvalue weighted by Gasteiger charge is -2.28. The van der Waals surface area contributed by atoms with Gasteiger partial charge < -0.3 is 15.3 Å². The first-order valence-electron chi connectivity index (χ1n) is 10.9. The maximum absolute atomic E-state index is 13.2. The summed E-state index contributed by atoms with van der Waals surface area (Å²) in [5.74, 6) is -1.47. The fraction of sp³-hybridized carbons (Fsp3) is 0.609. The molecule has 2 N–H and O–H groups in total. The van der Waals surface area contributed by atoms with Crippen LogP contribution in [0.25, 0.3) is 0 Å². The fourth-order valence-electron chi connectivity index (χ4n) is 3.22. The quantitative estimate of drug-likeness (QED) is 0.396. The van der Waals surface area contributed by atoms with Gasteiger partial charge in [0, 0.05) is 24.5 Å². The van der Waals surface area contributed by atoms with Crippen LogP contribution in [-0.4, -0.2) is 46.9 Å². The van der Waals surface area contributed by atoms with Crippen LogP contribution in [0, 0.1) is 0 Å². The SMILES string of the molecule is CCCCCN(CCCCC)C(=O)[C@H](CCC(=O)O)NC(=O)Cc1ccc(Cl)cc1. The fourth-order valence-corrected chi connectivity index (χ4v) is 3.34. The van der Waals surface area contributed by atoms with Crippen molar-refractivity contribution in [1.29, 1.82) is 0 Å². The lowest BCUT2D eigenvalue weighted by Crippen LogP contribution is -2.49. The van der Waals surface area contributed by atoms with Gasteiger partial charge in [-0.3, -0.25) is 14.4 Å². The minimum atomic E-state index is -0.983. The highest BCUT2D eigenvalue weighted by molar-refractivity contribution is 6.30. The molecule has 0 saturated carbocycles. The number of aliphatic carboxylic acids is 1. The van der Waals surface area contributed by atoms with E-state index < -0.39 is 12.0 Å². The van der Waals surface area contributed by atoms with Crippen LogP contribution in [-0.2, 0) is 20.8 Å². The van der Waals surface area contributed by atoms with Gasteiger partial charge in [0.15, 0.2) is 0 Å². The summed E-state index contributed by atoms with van der Waals surface area (Å²) in [5, 5.41) is 12.4. The summed E-state index contributed by atoms with van der Waals surface area (Å²) >= 11 is 5.88. The molecule has 1 aromatic carbocycles. The van der Waals surface area contributed by atoms with Gasteiger partial charge in [-0.2, -0.15) is 0 Å². The molecule has 0 heterocycles. The molecule has 0 aromatic heterocycles. The second kappa shape index (κ2) is 14.8. The number of hydrogen-bond acceptors (Lipinski definition) is 3. The number of nitrogens with zero attached hydrogens (tertiary/aromatic N) is 1. The maximum atomic E-state index is 13.2. The van der Waals surface area contributed by atoms with Crippen LogP contribution in [0.5, 0.6) is 0 Å². The molecule has 0 saturated heterocycles. The van der Waals surface area contributed by atoms with Crippen molar-refractivity contribution in [3.05, 3.63) is 34.9 Å². The number of amides is 2. The minimum absolute atomic E-state index is 0.0819. The molecule has 0 radical (unpaired) electrons. The molecule has 0 aliphatic rings. The summed E-state index contributed by atoms with van der Waals surface area (Å²) in [4.78, 5) is 38.6. The summed E-state index contributed by atoms with van der Waals surface area (Å²) in [6, 6.07) is 6.11. The van der Waals surface area contributed by atoms with Crippen LogP contribution in [0.2, 0.25) is 5.02 Å². The first kappa shape index (κ1) is 26.0. The molecular weight excluding hydrogens is 404 g/mol. The molecule has 0 unspecified atom stereocenters. The first-order valence-corrected chi connectivity index (χ1v) is 11.3. The molecule has 0 fully saturated rings. The summed E-state index contributed by atoms with van der Waals surface area (Å²) in [6.45, 7) is 5.48. The highest BCUT2D eigenvalue weighted by atomic mass is 35.5. The number of halogens is 1. The van der Waals surface area contributed by atoms with Crippen LogP contribution in [0.1, 0.15) is 70.8 Å². The molecule has 6 nitrogen and oxygen atoms in total. The van der Waals surface area contributed by atoms with Gasteiger partial charge in [0.25, 0.3) is 0 Å². The molecule has 168 valence electrons. The monoisotopic (exact) mass is 438 g/mol. The molecule has 30 heavy (non-hydrogen) atoms. The van der Waals surface area contributed by atoms with E-state index >= 15 is 0 Å². The van der Waals surface area contributed by atoms with Gasteiger partial charge in [0.1, 0.15) is 6.04 Å². The molecule has 1 atom stereocenters. The lowest BCUT2D eigenvalue weighted by molar-refractivity contribution is -0.139. The van der Waals surface area contributed by atoms with Crippen molar-refractivity contribution in [2.24, 2.45) is 0 Å². The molecule has 0 spiro atoms. The van der Waals surface area contributed by atoms with Crippen molar-refractivity contribution in [2.75, 3.05) is 13.1 Å². The van der Waals surface area contributed by atoms with Crippen LogP contribution >= 0.6 is 11.6 Å². The van der Waals surface area contributed by atoms with Gasteiger partial charge in [-0.1, -0.05) is 63.3 Å². The van der Waals surface area contributed by atoms with E-state index in [4.69, 9.17) is 16.7 Å². The van der Waals surface area contributed by atoms with Crippen LogP contribution in [0.3, 0.4) is 0 Å². The second-order valence-corrected chi connectivity index (χ2v) is 8.03. The Labute approximate surface area is 185 Å². The Morgan fingerprint density at radius 1 is 1.00 bits per heavy atom. The normalized spacial score (nSPS) is 11.7. The third kappa shape index (κ3) is 10.6. The van der Waals surface area contributed by atoms with E-state index in [0.29, 0.717) is 18.1 Å². The van der Waals surface area contributed by atoms with Gasteiger partial charge in [0.05, 0.1) is 6.42 Å². The molecule has 2 amide bonds. The minimum Gasteiger partial charge on any atom is -0.481 e. The highest BCUT2D eigenvalue weighted by Crippen LogP contribution is 2.12. The number of rotatable bonds is 15. The smallest absolute Gasteiger partial charge is 0.303 e. The Balaban J connectivity index is 2.83. The van der Waals surface area contributed by atoms with E-state index in [2.05, 4.69) is 19.2 Å². The molecule has 1 aromatic rings. The standard InChI is InChI=1S/C23H35ClN2O4/c1-3-5-7-15-26(16-8-6-4-2)23(30)20(13-14-22(28)29)25-21(27)17-18-9-11-19(24)12-10-18/h9-12,20H,3-8,13-17H2,1-2H3,(H,25,27)(H,28,29)/t20-/m0/s1. The van der Waals surface area contributed by atoms with Crippen LogP contribution in [0.4, 0.5) is 0 Å². The van der Waals surface area contributed by atoms with Crippen LogP contribution < -0.4 is 5.32 Å². The molecular formula is C23H35ClN2O4. The topological polar surface area (TPSA) is 86.7 Å². The molecule has 1 rings (SSSR count). The zero-order valence-corrected chi connectivity index (χ0v) is 18.9. The van der Waals surface area contributed by atoms with Crippen molar-refractivity contribution in [3.63, 3.8) is 0 Å². The predicted molar refractivity (Wildman–Crippen MR) is 120 cm³/mol. The Kier molecular flexibility index (Phi) is 12.8. The van der Waals surface area contributed by atoms with E-state index in [-0.39, 0.29) is 31.1 Å². The van der Waals surface area contributed by atoms with Gasteiger partial charge >= 0.3 is 5.97 Å². The van der Waals surface area contributed by atoms with Gasteiger partial charge in [-0.25, -0.2) is 0 Å². The Morgan fingerprint density at radius 3 is 2.07 bits per heavy atom. The summed E-state index contributed by atoms with van der Waals surface area (Å²) in [6.07, 6.45) is 5.99. The molecule has 7 heteroatoms. The van der Waals surface area contributed by atoms with Crippen molar-refractivity contribution in [3.8, 4) is 0 Å². The van der Waals surface area contributed by atoms with Crippen molar-refractivity contribution in [1.82, 2.24) is 10.2 Å². The molecule has 0 aliphatic heterocycles. The summed E-state index contributed by atoms with van der Waals surface area (Å²) in [5.41, 5.74) is 0.782. The molecule has 0 aliphatic carbocycles. The van der Waals surface area contributed by atoms with Crippen molar-refractivity contribution in [2.45, 2.75) is 77.7 Å². The number of carboxylic acid groups (broad SMARTS) is 1. The zero-order valence-electron chi connectivity index (χ0n) is 18.2. The van der Waals surface area contributed by atoms with Crippen molar-refractivity contribution >= 4 is 29.4 Å². The largest absolute Gasteiger partial charge is 0.481 e. The first-order chi connectivity index (χ1) is 14.4. The van der Waals surface area contributed by atoms with E-state index in [0.717, 1.165) is 44.1 Å². The lowest BCUT2D eigenvalue weighted by atomic mass is 10.1. The third-order valence-corrected chi connectivity index (χ3v) is 5.18. The maximum Gasteiger partial charge on any atom is 0.303 e. The average Bonchev–Trinajstić information content (AvgIpc) is 2.71. The predicted octanol–water partition coefficient (Wildman–Crippen LogP) is 4.44. The number of carbonyl (C=O) groups excluding carboxylic acids is 2. The number of benzene rings is 1. The van der Waals surface area contributed by atoms with Gasteiger partial charge in [0.2, 0.25) is 11.8 Å². The number of nitrogens with one attached hydrogen (secondary N) is 1. The Bertz CT molecular complexity index is 654. The number of hydrogen-bond donors (Lipinski definition) is 2.